The van der Waals surface area contributed by atoms with Gasteiger partial charge in [-0.25, -0.2) is 8.42 Å². The summed E-state index contributed by atoms with van der Waals surface area (Å²) in [6.45, 7) is 3.12. The van der Waals surface area contributed by atoms with Crippen molar-refractivity contribution in [3.8, 4) is 0 Å². The summed E-state index contributed by atoms with van der Waals surface area (Å²) in [5.74, 6) is 0.0753. The van der Waals surface area contributed by atoms with Gasteiger partial charge in [0, 0.05) is 12.6 Å². The molecule has 1 aliphatic heterocycles. The summed E-state index contributed by atoms with van der Waals surface area (Å²) in [4.78, 5) is 0.0397. The molecule has 1 aromatic rings. The number of aromatic amines is 1. The maximum atomic E-state index is 12.4. The maximum absolute atomic E-state index is 12.4. The fourth-order valence-electron chi connectivity index (χ4n) is 1.89. The smallest absolute Gasteiger partial charge is 0.248 e. The summed E-state index contributed by atoms with van der Waals surface area (Å²) in [5.41, 5.74) is 5.57. The first kappa shape index (κ1) is 12.3. The SMILES string of the molecule is CCC1COCCN1S(=O)(=O)c1cn[nH]c1N. The second kappa shape index (κ2) is 4.63. The summed E-state index contributed by atoms with van der Waals surface area (Å²) in [7, 11) is -3.58. The number of sulfonamides is 1. The third-order valence-electron chi connectivity index (χ3n) is 2.86. The van der Waals surface area contributed by atoms with E-state index in [1.54, 1.807) is 0 Å². The molecular formula is C9H16N4O3S. The van der Waals surface area contributed by atoms with E-state index in [0.29, 0.717) is 26.2 Å². The van der Waals surface area contributed by atoms with Crippen LogP contribution in [0.1, 0.15) is 13.3 Å². The van der Waals surface area contributed by atoms with Crippen LogP contribution in [-0.2, 0) is 14.8 Å². The van der Waals surface area contributed by atoms with Gasteiger partial charge in [-0.1, -0.05) is 6.92 Å². The Balaban J connectivity index is 2.34. The normalized spacial score (nSPS) is 22.8. The topological polar surface area (TPSA) is 101 Å². The number of nitrogens with one attached hydrogen (secondary N) is 1. The third-order valence-corrected chi connectivity index (χ3v) is 4.84. The largest absolute Gasteiger partial charge is 0.383 e. The Kier molecular flexibility index (Phi) is 3.36. The van der Waals surface area contributed by atoms with Crippen LogP contribution in [0.3, 0.4) is 0 Å². The first-order valence-electron chi connectivity index (χ1n) is 5.45. The lowest BCUT2D eigenvalue weighted by Crippen LogP contribution is -2.48. The highest BCUT2D eigenvalue weighted by atomic mass is 32.2. The Morgan fingerprint density at radius 2 is 2.47 bits per heavy atom. The zero-order chi connectivity index (χ0) is 12.5. The van der Waals surface area contributed by atoms with Crippen LogP contribution in [0.2, 0.25) is 0 Å². The highest BCUT2D eigenvalue weighted by Crippen LogP contribution is 2.24. The van der Waals surface area contributed by atoms with Crippen molar-refractivity contribution < 1.29 is 13.2 Å². The number of hydrogen-bond donors (Lipinski definition) is 2. The lowest BCUT2D eigenvalue weighted by molar-refractivity contribution is 0.0314. The average Bonchev–Trinajstić information content (AvgIpc) is 2.76. The monoisotopic (exact) mass is 260 g/mol. The average molecular weight is 260 g/mol. The molecule has 0 aromatic carbocycles. The van der Waals surface area contributed by atoms with E-state index in [1.165, 1.54) is 10.5 Å². The molecule has 96 valence electrons. The predicted molar refractivity (Wildman–Crippen MR) is 61.8 cm³/mol. The molecule has 0 amide bonds. The molecule has 8 heteroatoms. The zero-order valence-corrected chi connectivity index (χ0v) is 10.4. The highest BCUT2D eigenvalue weighted by Gasteiger charge is 2.34. The van der Waals surface area contributed by atoms with E-state index >= 15 is 0 Å². The number of anilines is 1. The van der Waals surface area contributed by atoms with Crippen LogP contribution < -0.4 is 5.73 Å². The number of nitrogen functional groups attached to an aromatic ring is 1. The standard InChI is InChI=1S/C9H16N4O3S/c1-2-7-6-16-4-3-13(7)17(14,15)8-5-11-12-9(8)10/h5,7H,2-4,6H2,1H3,(H3,10,11,12). The molecule has 2 rings (SSSR count). The molecule has 0 spiro atoms. The Bertz CT molecular complexity index is 484. The van der Waals surface area contributed by atoms with Crippen LogP contribution >= 0.6 is 0 Å². The second-order valence-corrected chi connectivity index (χ2v) is 5.76. The van der Waals surface area contributed by atoms with Crippen LogP contribution in [0.15, 0.2) is 11.1 Å². The van der Waals surface area contributed by atoms with Crippen molar-refractivity contribution >= 4 is 15.8 Å². The molecular weight excluding hydrogens is 244 g/mol. The lowest BCUT2D eigenvalue weighted by atomic mass is 10.2. The quantitative estimate of drug-likeness (QED) is 0.783. The molecule has 0 bridgehead atoms. The summed E-state index contributed by atoms with van der Waals surface area (Å²) in [6.07, 6.45) is 1.95. The van der Waals surface area contributed by atoms with Gasteiger partial charge < -0.3 is 10.5 Å². The van der Waals surface area contributed by atoms with Gasteiger partial charge >= 0.3 is 0 Å². The second-order valence-electron chi connectivity index (χ2n) is 3.90. The van der Waals surface area contributed by atoms with E-state index in [0.717, 1.165) is 0 Å². The first-order valence-corrected chi connectivity index (χ1v) is 6.89. The molecule has 2 heterocycles. The minimum Gasteiger partial charge on any atom is -0.383 e. The Morgan fingerprint density at radius 3 is 3.06 bits per heavy atom. The minimum atomic E-state index is -3.58. The number of ether oxygens (including phenoxy) is 1. The molecule has 0 aliphatic carbocycles. The summed E-state index contributed by atoms with van der Waals surface area (Å²) in [6, 6.07) is -0.136. The van der Waals surface area contributed by atoms with Crippen molar-refractivity contribution in [2.75, 3.05) is 25.5 Å². The Hall–Kier alpha value is -1.12. The summed E-state index contributed by atoms with van der Waals surface area (Å²) < 4.78 is 31.5. The van der Waals surface area contributed by atoms with E-state index in [-0.39, 0.29) is 16.8 Å². The summed E-state index contributed by atoms with van der Waals surface area (Å²) >= 11 is 0. The van der Waals surface area contributed by atoms with Gasteiger partial charge in [0.05, 0.1) is 19.4 Å². The van der Waals surface area contributed by atoms with E-state index in [2.05, 4.69) is 10.2 Å². The van der Waals surface area contributed by atoms with Crippen molar-refractivity contribution in [3.63, 3.8) is 0 Å². The molecule has 1 aliphatic rings. The van der Waals surface area contributed by atoms with Crippen molar-refractivity contribution in [1.29, 1.82) is 0 Å². The third kappa shape index (κ3) is 2.15. The number of morpholine rings is 1. The lowest BCUT2D eigenvalue weighted by Gasteiger charge is -2.33. The van der Waals surface area contributed by atoms with Gasteiger partial charge in [-0.05, 0) is 6.42 Å². The Morgan fingerprint density at radius 1 is 1.71 bits per heavy atom. The number of nitrogens with two attached hydrogens (primary N) is 1. The van der Waals surface area contributed by atoms with Crippen molar-refractivity contribution in [2.24, 2.45) is 0 Å². The molecule has 0 radical (unpaired) electrons. The van der Waals surface area contributed by atoms with Crippen LogP contribution in [-0.4, -0.2) is 48.7 Å². The van der Waals surface area contributed by atoms with Gasteiger partial charge in [-0.15, -0.1) is 0 Å². The van der Waals surface area contributed by atoms with Crippen LogP contribution in [0.4, 0.5) is 5.82 Å². The van der Waals surface area contributed by atoms with Crippen molar-refractivity contribution in [2.45, 2.75) is 24.3 Å². The number of rotatable bonds is 3. The van der Waals surface area contributed by atoms with E-state index in [4.69, 9.17) is 10.5 Å². The molecule has 3 N–H and O–H groups in total. The van der Waals surface area contributed by atoms with Gasteiger partial charge in [-0.3, -0.25) is 5.10 Å². The number of hydrogen-bond acceptors (Lipinski definition) is 5. The van der Waals surface area contributed by atoms with Gasteiger partial charge in [-0.2, -0.15) is 9.40 Å². The molecule has 1 fully saturated rings. The number of H-pyrrole nitrogens is 1. The van der Waals surface area contributed by atoms with Crippen LogP contribution in [0, 0.1) is 0 Å². The first-order chi connectivity index (χ1) is 8.07. The fourth-order valence-corrected chi connectivity index (χ4v) is 3.57. The van der Waals surface area contributed by atoms with Gasteiger partial charge in [0.2, 0.25) is 10.0 Å². The van der Waals surface area contributed by atoms with Crippen LogP contribution in [0.25, 0.3) is 0 Å². The van der Waals surface area contributed by atoms with Crippen molar-refractivity contribution in [3.05, 3.63) is 6.20 Å². The van der Waals surface area contributed by atoms with E-state index in [1.807, 2.05) is 6.92 Å². The molecule has 1 saturated heterocycles. The van der Waals surface area contributed by atoms with Gasteiger partial charge in [0.15, 0.2) is 0 Å². The fraction of sp³-hybridized carbons (Fsp3) is 0.667. The number of nitrogens with zero attached hydrogens (tertiary/aromatic N) is 2. The molecule has 1 atom stereocenters. The van der Waals surface area contributed by atoms with Crippen molar-refractivity contribution in [1.82, 2.24) is 14.5 Å². The molecule has 1 aromatic heterocycles. The molecule has 0 saturated carbocycles. The highest BCUT2D eigenvalue weighted by molar-refractivity contribution is 7.89. The van der Waals surface area contributed by atoms with E-state index in [9.17, 15) is 8.42 Å². The van der Waals surface area contributed by atoms with Gasteiger partial charge in [0.1, 0.15) is 10.7 Å². The minimum absolute atomic E-state index is 0.0397. The predicted octanol–water partition coefficient (Wildman–Crippen LogP) is -0.209. The van der Waals surface area contributed by atoms with Crippen LogP contribution in [0.5, 0.6) is 0 Å². The van der Waals surface area contributed by atoms with Gasteiger partial charge in [0.25, 0.3) is 0 Å². The Labute approximate surface area is 100.0 Å². The van der Waals surface area contributed by atoms with E-state index < -0.39 is 10.0 Å². The number of aromatic nitrogens is 2. The molecule has 1 unspecified atom stereocenters. The summed E-state index contributed by atoms with van der Waals surface area (Å²) in [5, 5.41) is 6.08. The molecule has 17 heavy (non-hydrogen) atoms. The zero-order valence-electron chi connectivity index (χ0n) is 9.59. The molecule has 7 nitrogen and oxygen atoms in total. The maximum Gasteiger partial charge on any atom is 0.248 e.